The van der Waals surface area contributed by atoms with Crippen LogP contribution in [0.5, 0.6) is 0 Å². The third kappa shape index (κ3) is 3.43. The molecule has 0 aliphatic heterocycles. The van der Waals surface area contributed by atoms with E-state index in [2.05, 4.69) is 10.9 Å². The van der Waals surface area contributed by atoms with Crippen molar-refractivity contribution in [3.63, 3.8) is 0 Å². The molecule has 0 unspecified atom stereocenters. The maximum absolute atomic E-state index is 12.2. The highest BCUT2D eigenvalue weighted by Crippen LogP contribution is 2.24. The number of para-hydroxylation sites is 1. The van der Waals surface area contributed by atoms with Gasteiger partial charge in [0, 0.05) is 17.4 Å². The van der Waals surface area contributed by atoms with Crippen molar-refractivity contribution in [3.8, 4) is 0 Å². The summed E-state index contributed by atoms with van der Waals surface area (Å²) in [6.07, 6.45) is 0.963. The standard InChI is InChI=1S/C17H16N2O3S/c1-11-13-4-2-3-5-14(13)22-16(11)17(21)19-18-15(20)7-6-12-8-9-23-10-12/h2-5,8-10H,6-7H2,1H3,(H,18,20)(H,19,21). The second-order valence-electron chi connectivity index (χ2n) is 5.19. The number of aryl methyl sites for hydroxylation is 2. The zero-order valence-electron chi connectivity index (χ0n) is 12.6. The van der Waals surface area contributed by atoms with E-state index in [1.165, 1.54) is 0 Å². The largest absolute Gasteiger partial charge is 0.451 e. The number of thiophene rings is 1. The third-order valence-corrected chi connectivity index (χ3v) is 4.32. The highest BCUT2D eigenvalue weighted by molar-refractivity contribution is 7.07. The first-order valence-electron chi connectivity index (χ1n) is 7.23. The van der Waals surface area contributed by atoms with Gasteiger partial charge in [-0.25, -0.2) is 0 Å². The Labute approximate surface area is 137 Å². The molecule has 3 aromatic rings. The maximum atomic E-state index is 12.2. The zero-order valence-corrected chi connectivity index (χ0v) is 13.4. The number of hydrazine groups is 1. The lowest BCUT2D eigenvalue weighted by molar-refractivity contribution is -0.121. The monoisotopic (exact) mass is 328 g/mol. The lowest BCUT2D eigenvalue weighted by atomic mass is 10.1. The molecule has 0 radical (unpaired) electrons. The van der Waals surface area contributed by atoms with Crippen molar-refractivity contribution in [2.24, 2.45) is 0 Å². The van der Waals surface area contributed by atoms with E-state index in [0.717, 1.165) is 16.5 Å². The van der Waals surface area contributed by atoms with Gasteiger partial charge in [-0.2, -0.15) is 11.3 Å². The molecule has 5 nitrogen and oxygen atoms in total. The summed E-state index contributed by atoms with van der Waals surface area (Å²) in [5.74, 6) is -0.481. The van der Waals surface area contributed by atoms with Crippen molar-refractivity contribution in [1.29, 1.82) is 0 Å². The van der Waals surface area contributed by atoms with E-state index in [1.54, 1.807) is 17.4 Å². The predicted molar refractivity (Wildman–Crippen MR) is 89.2 cm³/mol. The van der Waals surface area contributed by atoms with Gasteiger partial charge in [0.15, 0.2) is 5.76 Å². The van der Waals surface area contributed by atoms with Crippen molar-refractivity contribution in [1.82, 2.24) is 10.9 Å². The van der Waals surface area contributed by atoms with Gasteiger partial charge in [-0.15, -0.1) is 0 Å². The van der Waals surface area contributed by atoms with Gasteiger partial charge < -0.3 is 4.42 Å². The van der Waals surface area contributed by atoms with Crippen molar-refractivity contribution in [3.05, 3.63) is 58.0 Å². The molecule has 3 rings (SSSR count). The lowest BCUT2D eigenvalue weighted by Gasteiger charge is -2.06. The fourth-order valence-corrected chi connectivity index (χ4v) is 3.03. The van der Waals surface area contributed by atoms with E-state index in [-0.39, 0.29) is 11.7 Å². The number of carbonyl (C=O) groups excluding carboxylic acids is 2. The summed E-state index contributed by atoms with van der Waals surface area (Å²) < 4.78 is 5.55. The van der Waals surface area contributed by atoms with Crippen LogP contribution in [0.4, 0.5) is 0 Å². The van der Waals surface area contributed by atoms with Crippen LogP contribution in [0.25, 0.3) is 11.0 Å². The summed E-state index contributed by atoms with van der Waals surface area (Å²) in [4.78, 5) is 23.9. The summed E-state index contributed by atoms with van der Waals surface area (Å²) in [5, 5.41) is 4.87. The van der Waals surface area contributed by atoms with E-state index >= 15 is 0 Å². The Balaban J connectivity index is 1.58. The molecule has 0 saturated carbocycles. The van der Waals surface area contributed by atoms with Gasteiger partial charge in [0.05, 0.1) is 0 Å². The van der Waals surface area contributed by atoms with Gasteiger partial charge in [0.1, 0.15) is 5.58 Å². The molecule has 0 atom stereocenters. The molecule has 2 N–H and O–H groups in total. The van der Waals surface area contributed by atoms with Crippen LogP contribution >= 0.6 is 11.3 Å². The smallest absolute Gasteiger partial charge is 0.305 e. The van der Waals surface area contributed by atoms with Crippen LogP contribution in [0.2, 0.25) is 0 Å². The molecule has 118 valence electrons. The Kier molecular flexibility index (Phi) is 4.43. The van der Waals surface area contributed by atoms with E-state index in [0.29, 0.717) is 18.4 Å². The summed E-state index contributed by atoms with van der Waals surface area (Å²) >= 11 is 1.60. The molecule has 0 fully saturated rings. The second kappa shape index (κ2) is 6.66. The highest BCUT2D eigenvalue weighted by Gasteiger charge is 2.17. The first-order valence-corrected chi connectivity index (χ1v) is 8.18. The molecule has 6 heteroatoms. The first-order chi connectivity index (χ1) is 11.1. The molecule has 2 heterocycles. The normalized spacial score (nSPS) is 10.7. The Morgan fingerprint density at radius 3 is 2.74 bits per heavy atom. The minimum atomic E-state index is -0.456. The molecule has 0 saturated heterocycles. The van der Waals surface area contributed by atoms with E-state index in [4.69, 9.17) is 4.42 Å². The molecular formula is C17H16N2O3S. The maximum Gasteiger partial charge on any atom is 0.305 e. The van der Waals surface area contributed by atoms with Crippen LogP contribution in [-0.2, 0) is 11.2 Å². The number of carbonyl (C=O) groups is 2. The molecule has 0 spiro atoms. The minimum absolute atomic E-state index is 0.212. The first kappa shape index (κ1) is 15.3. The van der Waals surface area contributed by atoms with Gasteiger partial charge in [0.25, 0.3) is 0 Å². The number of amides is 2. The van der Waals surface area contributed by atoms with Gasteiger partial charge in [-0.05, 0) is 41.8 Å². The van der Waals surface area contributed by atoms with Crippen molar-refractivity contribution in [2.75, 3.05) is 0 Å². The quantitative estimate of drug-likeness (QED) is 0.723. The Morgan fingerprint density at radius 1 is 1.17 bits per heavy atom. The fourth-order valence-electron chi connectivity index (χ4n) is 2.33. The van der Waals surface area contributed by atoms with Gasteiger partial charge in [-0.3, -0.25) is 20.4 Å². The van der Waals surface area contributed by atoms with Crippen LogP contribution in [0.3, 0.4) is 0 Å². The van der Waals surface area contributed by atoms with E-state index < -0.39 is 5.91 Å². The topological polar surface area (TPSA) is 71.3 Å². The summed E-state index contributed by atoms with van der Waals surface area (Å²) in [6, 6.07) is 9.41. The van der Waals surface area contributed by atoms with Crippen molar-refractivity contribution in [2.45, 2.75) is 19.8 Å². The van der Waals surface area contributed by atoms with Crippen LogP contribution in [0.15, 0.2) is 45.5 Å². The van der Waals surface area contributed by atoms with Crippen LogP contribution in [0, 0.1) is 6.92 Å². The molecule has 1 aromatic carbocycles. The van der Waals surface area contributed by atoms with Crippen LogP contribution < -0.4 is 10.9 Å². The van der Waals surface area contributed by atoms with Crippen molar-refractivity contribution < 1.29 is 14.0 Å². The minimum Gasteiger partial charge on any atom is -0.451 e. The number of benzene rings is 1. The number of rotatable bonds is 4. The average Bonchev–Trinajstić information content (AvgIpc) is 3.19. The second-order valence-corrected chi connectivity index (χ2v) is 5.97. The van der Waals surface area contributed by atoms with Gasteiger partial charge in [-0.1, -0.05) is 18.2 Å². The van der Waals surface area contributed by atoms with Crippen LogP contribution in [0.1, 0.15) is 28.1 Å². The number of nitrogens with one attached hydrogen (secondary N) is 2. The molecule has 2 aromatic heterocycles. The molecule has 0 aliphatic carbocycles. The van der Waals surface area contributed by atoms with Gasteiger partial charge >= 0.3 is 5.91 Å². The van der Waals surface area contributed by atoms with Crippen molar-refractivity contribution >= 4 is 34.1 Å². The third-order valence-electron chi connectivity index (χ3n) is 3.59. The summed E-state index contributed by atoms with van der Waals surface area (Å²) in [7, 11) is 0. The lowest BCUT2D eigenvalue weighted by Crippen LogP contribution is -2.41. The highest BCUT2D eigenvalue weighted by atomic mass is 32.1. The SMILES string of the molecule is Cc1c(C(=O)NNC(=O)CCc2ccsc2)oc2ccccc12. The van der Waals surface area contributed by atoms with E-state index in [1.807, 2.05) is 41.9 Å². The van der Waals surface area contributed by atoms with Gasteiger partial charge in [0.2, 0.25) is 5.91 Å². The molecular weight excluding hydrogens is 312 g/mol. The van der Waals surface area contributed by atoms with E-state index in [9.17, 15) is 9.59 Å². The van der Waals surface area contributed by atoms with Crippen LogP contribution in [-0.4, -0.2) is 11.8 Å². The predicted octanol–water partition coefficient (Wildman–Crippen LogP) is 3.20. The Morgan fingerprint density at radius 2 is 2.00 bits per heavy atom. The Hall–Kier alpha value is -2.60. The average molecular weight is 328 g/mol. The molecule has 0 bridgehead atoms. The fraction of sp³-hybridized carbons (Fsp3) is 0.176. The number of hydrogen-bond donors (Lipinski definition) is 2. The number of hydrogen-bond acceptors (Lipinski definition) is 4. The Bertz CT molecular complexity index is 837. The molecule has 0 aliphatic rings. The molecule has 2 amide bonds. The molecule has 23 heavy (non-hydrogen) atoms. The zero-order chi connectivity index (χ0) is 16.2. The summed E-state index contributed by atoms with van der Waals surface area (Å²) in [6.45, 7) is 1.82. The number of fused-ring (bicyclic) bond motifs is 1. The summed E-state index contributed by atoms with van der Waals surface area (Å²) in [5.41, 5.74) is 7.34. The number of furan rings is 1.